The monoisotopic (exact) mass is 278 g/mol. The van der Waals surface area contributed by atoms with Gasteiger partial charge in [0.1, 0.15) is 11.4 Å². The summed E-state index contributed by atoms with van der Waals surface area (Å²) in [5, 5.41) is 13.0. The molecule has 19 heavy (non-hydrogen) atoms. The number of thiophene rings is 1. The molecule has 2 aromatic heterocycles. The van der Waals surface area contributed by atoms with Gasteiger partial charge >= 0.3 is 5.97 Å². The Morgan fingerprint density at radius 2 is 2.21 bits per heavy atom. The molecule has 0 saturated carbocycles. The first-order valence-corrected chi connectivity index (χ1v) is 6.11. The van der Waals surface area contributed by atoms with E-state index in [2.05, 4.69) is 10.3 Å². The largest absolute Gasteiger partial charge is 0.496 e. The number of nitrogens with zero attached hydrogens (tertiary/aromatic N) is 1. The summed E-state index contributed by atoms with van der Waals surface area (Å²) in [7, 11) is 1.53. The Bertz CT molecular complexity index is 606. The first kappa shape index (κ1) is 13.0. The van der Waals surface area contributed by atoms with Crippen LogP contribution in [0.3, 0.4) is 0 Å². The zero-order chi connectivity index (χ0) is 13.8. The van der Waals surface area contributed by atoms with Crippen molar-refractivity contribution in [3.63, 3.8) is 0 Å². The highest BCUT2D eigenvalue weighted by atomic mass is 32.1. The Labute approximate surface area is 112 Å². The Balaban J connectivity index is 2.08. The summed E-state index contributed by atoms with van der Waals surface area (Å²) in [6, 6.07) is 4.44. The first-order valence-electron chi connectivity index (χ1n) is 5.23. The zero-order valence-corrected chi connectivity index (χ0v) is 10.7. The van der Waals surface area contributed by atoms with Crippen molar-refractivity contribution in [3.05, 3.63) is 40.3 Å². The number of aromatic carboxylic acids is 1. The lowest BCUT2D eigenvalue weighted by Crippen LogP contribution is -2.11. The van der Waals surface area contributed by atoms with E-state index in [1.807, 2.05) is 0 Å². The van der Waals surface area contributed by atoms with Crippen LogP contribution in [0.5, 0.6) is 5.75 Å². The van der Waals surface area contributed by atoms with E-state index < -0.39 is 5.97 Å². The zero-order valence-electron chi connectivity index (χ0n) is 9.91. The van der Waals surface area contributed by atoms with Gasteiger partial charge in [-0.2, -0.15) is 0 Å². The number of hydrogen-bond acceptors (Lipinski definition) is 5. The Morgan fingerprint density at radius 3 is 2.74 bits per heavy atom. The van der Waals surface area contributed by atoms with E-state index in [9.17, 15) is 9.59 Å². The summed E-state index contributed by atoms with van der Waals surface area (Å²) >= 11 is 1.26. The van der Waals surface area contributed by atoms with E-state index in [4.69, 9.17) is 9.84 Å². The normalized spacial score (nSPS) is 9.95. The third-order valence-electron chi connectivity index (χ3n) is 2.28. The van der Waals surface area contributed by atoms with Crippen molar-refractivity contribution in [2.24, 2.45) is 0 Å². The average molecular weight is 278 g/mol. The summed E-state index contributed by atoms with van der Waals surface area (Å²) in [6.45, 7) is 0. The van der Waals surface area contributed by atoms with Gasteiger partial charge in [0.05, 0.1) is 23.9 Å². The number of carboxylic acid groups (broad SMARTS) is 1. The van der Waals surface area contributed by atoms with Gasteiger partial charge in [-0.15, -0.1) is 11.3 Å². The van der Waals surface area contributed by atoms with Crippen molar-refractivity contribution < 1.29 is 19.4 Å². The third-order valence-corrected chi connectivity index (χ3v) is 3.18. The van der Waals surface area contributed by atoms with Crippen LogP contribution in [0.1, 0.15) is 20.2 Å². The van der Waals surface area contributed by atoms with Crippen LogP contribution >= 0.6 is 11.3 Å². The average Bonchev–Trinajstić information content (AvgIpc) is 2.88. The number of amides is 1. The maximum atomic E-state index is 11.9. The lowest BCUT2D eigenvalue weighted by Gasteiger charge is -2.03. The molecule has 0 fully saturated rings. The van der Waals surface area contributed by atoms with Crippen LogP contribution in [0.15, 0.2) is 29.8 Å². The number of hydrogen-bond donors (Lipinski definition) is 2. The number of carboxylic acids is 1. The highest BCUT2D eigenvalue weighted by molar-refractivity contribution is 7.12. The number of anilines is 1. The molecule has 2 rings (SSSR count). The number of carbonyl (C=O) groups excluding carboxylic acids is 1. The molecule has 0 radical (unpaired) electrons. The van der Waals surface area contributed by atoms with E-state index in [-0.39, 0.29) is 11.6 Å². The molecule has 0 saturated heterocycles. The van der Waals surface area contributed by atoms with E-state index in [0.717, 1.165) is 0 Å². The van der Waals surface area contributed by atoms with E-state index in [1.165, 1.54) is 36.8 Å². The minimum absolute atomic E-state index is 0.0733. The molecule has 6 nitrogen and oxygen atoms in total. The van der Waals surface area contributed by atoms with Gasteiger partial charge in [-0.05, 0) is 12.1 Å². The highest BCUT2D eigenvalue weighted by Gasteiger charge is 2.10. The van der Waals surface area contributed by atoms with Gasteiger partial charge in [-0.25, -0.2) is 9.78 Å². The van der Waals surface area contributed by atoms with Gasteiger partial charge in [0, 0.05) is 11.4 Å². The lowest BCUT2D eigenvalue weighted by molar-refractivity contribution is 0.0690. The van der Waals surface area contributed by atoms with Crippen molar-refractivity contribution in [2.75, 3.05) is 12.4 Å². The molecule has 2 aromatic rings. The van der Waals surface area contributed by atoms with Crippen LogP contribution in [0.25, 0.3) is 0 Å². The third kappa shape index (κ3) is 3.08. The smallest absolute Gasteiger partial charge is 0.354 e. The van der Waals surface area contributed by atoms with Crippen molar-refractivity contribution >= 4 is 28.9 Å². The minimum Gasteiger partial charge on any atom is -0.496 e. The molecular formula is C12H10N2O4S. The van der Waals surface area contributed by atoms with Gasteiger partial charge in [0.25, 0.3) is 5.91 Å². The van der Waals surface area contributed by atoms with E-state index >= 15 is 0 Å². The van der Waals surface area contributed by atoms with E-state index in [1.54, 1.807) is 11.4 Å². The van der Waals surface area contributed by atoms with Gasteiger partial charge in [-0.1, -0.05) is 0 Å². The number of ether oxygens (including phenoxy) is 1. The van der Waals surface area contributed by atoms with Crippen LogP contribution in [-0.4, -0.2) is 29.1 Å². The molecule has 1 amide bonds. The maximum Gasteiger partial charge on any atom is 0.354 e. The fourth-order valence-corrected chi connectivity index (χ4v) is 2.08. The van der Waals surface area contributed by atoms with Crippen LogP contribution < -0.4 is 10.1 Å². The molecule has 0 bridgehead atoms. The Morgan fingerprint density at radius 1 is 1.42 bits per heavy atom. The second-order valence-electron chi connectivity index (χ2n) is 3.54. The number of aromatic nitrogens is 1. The maximum absolute atomic E-state index is 11.9. The SMILES string of the molecule is COc1csc(C(=O)Nc2ccc(C(=O)O)nc2)c1. The molecule has 0 aromatic carbocycles. The number of rotatable bonds is 4. The highest BCUT2D eigenvalue weighted by Crippen LogP contribution is 2.22. The van der Waals surface area contributed by atoms with Crippen molar-refractivity contribution in [3.8, 4) is 5.75 Å². The molecule has 0 aliphatic rings. The van der Waals surface area contributed by atoms with E-state index in [0.29, 0.717) is 16.3 Å². The minimum atomic E-state index is -1.11. The van der Waals surface area contributed by atoms with Crippen molar-refractivity contribution in [1.82, 2.24) is 4.98 Å². The number of pyridine rings is 1. The summed E-state index contributed by atoms with van der Waals surface area (Å²) in [6.07, 6.45) is 1.30. The quantitative estimate of drug-likeness (QED) is 0.894. The summed E-state index contributed by atoms with van der Waals surface area (Å²) in [4.78, 5) is 26.7. The molecule has 0 aliphatic heterocycles. The molecule has 0 spiro atoms. The topological polar surface area (TPSA) is 88.5 Å². The standard InChI is InChI=1S/C12H10N2O4S/c1-18-8-4-10(19-6-8)11(15)14-7-2-3-9(12(16)17)13-5-7/h2-6H,1H3,(H,14,15)(H,16,17). The van der Waals surface area contributed by atoms with Crippen molar-refractivity contribution in [2.45, 2.75) is 0 Å². The Kier molecular flexibility index (Phi) is 3.76. The Hall–Kier alpha value is -2.41. The molecule has 0 unspecified atom stereocenters. The summed E-state index contributed by atoms with van der Waals surface area (Å²) in [5.41, 5.74) is 0.359. The first-order chi connectivity index (χ1) is 9.10. The molecule has 98 valence electrons. The van der Waals surface area contributed by atoms with Gasteiger partial charge in [0.2, 0.25) is 0 Å². The molecule has 0 atom stereocenters. The van der Waals surface area contributed by atoms with Crippen LogP contribution in [0.4, 0.5) is 5.69 Å². The number of methoxy groups -OCH3 is 1. The second-order valence-corrected chi connectivity index (χ2v) is 4.45. The van der Waals surface area contributed by atoms with Crippen molar-refractivity contribution in [1.29, 1.82) is 0 Å². The molecule has 7 heteroatoms. The predicted octanol–water partition coefficient (Wildman–Crippen LogP) is 2.10. The second kappa shape index (κ2) is 5.49. The number of carbonyl (C=O) groups is 2. The van der Waals surface area contributed by atoms with Crippen LogP contribution in [0.2, 0.25) is 0 Å². The van der Waals surface area contributed by atoms with Gasteiger partial charge in [0.15, 0.2) is 0 Å². The fourth-order valence-electron chi connectivity index (χ4n) is 1.33. The van der Waals surface area contributed by atoms with Crippen LogP contribution in [0, 0.1) is 0 Å². The number of nitrogens with one attached hydrogen (secondary N) is 1. The molecular weight excluding hydrogens is 268 g/mol. The summed E-state index contributed by atoms with van der Waals surface area (Å²) in [5.74, 6) is -0.784. The van der Waals surface area contributed by atoms with Gasteiger partial charge in [-0.3, -0.25) is 4.79 Å². The van der Waals surface area contributed by atoms with Gasteiger partial charge < -0.3 is 15.2 Å². The molecule has 2 heterocycles. The molecule has 0 aliphatic carbocycles. The lowest BCUT2D eigenvalue weighted by atomic mass is 10.3. The fraction of sp³-hybridized carbons (Fsp3) is 0.0833. The molecule has 2 N–H and O–H groups in total. The predicted molar refractivity (Wildman–Crippen MR) is 70.0 cm³/mol. The summed E-state index contributed by atoms with van der Waals surface area (Å²) < 4.78 is 4.99. The van der Waals surface area contributed by atoms with Crippen LogP contribution in [-0.2, 0) is 0 Å².